The first-order valence-electron chi connectivity index (χ1n) is 8.26. The zero-order valence-electron chi connectivity index (χ0n) is 13.4. The molecule has 0 fully saturated rings. The van der Waals surface area contributed by atoms with Gasteiger partial charge in [-0.25, -0.2) is 15.0 Å². The predicted octanol–water partition coefficient (Wildman–Crippen LogP) is 4.14. The highest BCUT2D eigenvalue weighted by Gasteiger charge is 2.09. The molecule has 22 heavy (non-hydrogen) atoms. The first kappa shape index (κ1) is 16.4. The second kappa shape index (κ2) is 9.13. The molecule has 2 aromatic rings. The lowest BCUT2D eigenvalue weighted by Gasteiger charge is -2.14. The van der Waals surface area contributed by atoms with Crippen molar-refractivity contribution in [3.8, 4) is 0 Å². The number of hydrogen-bond donors (Lipinski definition) is 1. The molecule has 0 aliphatic heterocycles. The SMILES string of the molecule is CCC(CCCCCCc1cccc(N)n1)c1cncnc1. The van der Waals surface area contributed by atoms with Gasteiger partial charge in [0.25, 0.3) is 0 Å². The van der Waals surface area contributed by atoms with E-state index >= 15 is 0 Å². The molecule has 0 bridgehead atoms. The second-order valence-electron chi connectivity index (χ2n) is 5.78. The molecule has 0 amide bonds. The molecule has 0 spiro atoms. The largest absolute Gasteiger partial charge is 0.384 e. The molecule has 0 saturated heterocycles. The van der Waals surface area contributed by atoms with Gasteiger partial charge in [0.15, 0.2) is 0 Å². The minimum Gasteiger partial charge on any atom is -0.384 e. The van der Waals surface area contributed by atoms with Gasteiger partial charge in [0, 0.05) is 18.1 Å². The van der Waals surface area contributed by atoms with Crippen molar-refractivity contribution in [3.05, 3.63) is 48.2 Å². The van der Waals surface area contributed by atoms with Gasteiger partial charge in [-0.05, 0) is 49.3 Å². The van der Waals surface area contributed by atoms with Crippen molar-refractivity contribution in [2.75, 3.05) is 5.73 Å². The van der Waals surface area contributed by atoms with Crippen LogP contribution in [0.1, 0.15) is 62.6 Å². The first-order valence-corrected chi connectivity index (χ1v) is 8.26. The summed E-state index contributed by atoms with van der Waals surface area (Å²) in [6, 6.07) is 5.87. The molecule has 1 atom stereocenters. The molecule has 2 N–H and O–H groups in total. The van der Waals surface area contributed by atoms with E-state index in [1.807, 2.05) is 24.5 Å². The molecule has 2 aromatic heterocycles. The summed E-state index contributed by atoms with van der Waals surface area (Å²) in [6.07, 6.45) is 13.9. The molecule has 118 valence electrons. The summed E-state index contributed by atoms with van der Waals surface area (Å²) in [5, 5.41) is 0. The van der Waals surface area contributed by atoms with Crippen LogP contribution in [-0.4, -0.2) is 15.0 Å². The van der Waals surface area contributed by atoms with E-state index < -0.39 is 0 Å². The molecular weight excluding hydrogens is 272 g/mol. The number of anilines is 1. The lowest BCUT2D eigenvalue weighted by molar-refractivity contribution is 0.534. The maximum Gasteiger partial charge on any atom is 0.123 e. The van der Waals surface area contributed by atoms with Crippen molar-refractivity contribution in [3.63, 3.8) is 0 Å². The average molecular weight is 298 g/mol. The minimum absolute atomic E-state index is 0.594. The summed E-state index contributed by atoms with van der Waals surface area (Å²) in [5.41, 5.74) is 8.07. The van der Waals surface area contributed by atoms with Crippen LogP contribution in [0, 0.1) is 0 Å². The van der Waals surface area contributed by atoms with Crippen LogP contribution in [0.5, 0.6) is 0 Å². The number of aromatic nitrogens is 3. The van der Waals surface area contributed by atoms with E-state index in [1.165, 1.54) is 37.7 Å². The van der Waals surface area contributed by atoms with Gasteiger partial charge in [-0.3, -0.25) is 0 Å². The van der Waals surface area contributed by atoms with Crippen molar-refractivity contribution in [2.24, 2.45) is 0 Å². The number of pyridine rings is 1. The van der Waals surface area contributed by atoms with Crippen molar-refractivity contribution in [2.45, 2.75) is 57.8 Å². The molecule has 0 aliphatic rings. The molecule has 0 aliphatic carbocycles. The zero-order chi connectivity index (χ0) is 15.6. The second-order valence-corrected chi connectivity index (χ2v) is 5.78. The van der Waals surface area contributed by atoms with E-state index in [-0.39, 0.29) is 0 Å². The van der Waals surface area contributed by atoms with E-state index in [0.717, 1.165) is 18.5 Å². The van der Waals surface area contributed by atoms with Gasteiger partial charge < -0.3 is 5.73 Å². The summed E-state index contributed by atoms with van der Waals surface area (Å²) >= 11 is 0. The number of aryl methyl sites for hydroxylation is 1. The Hall–Kier alpha value is -1.97. The van der Waals surface area contributed by atoms with E-state index in [9.17, 15) is 0 Å². The maximum atomic E-state index is 5.69. The number of nitrogens with zero attached hydrogens (tertiary/aromatic N) is 3. The minimum atomic E-state index is 0.594. The molecule has 2 rings (SSSR count). The Morgan fingerprint density at radius 3 is 2.55 bits per heavy atom. The third kappa shape index (κ3) is 5.43. The smallest absolute Gasteiger partial charge is 0.123 e. The number of nitrogens with two attached hydrogens (primary N) is 1. The van der Waals surface area contributed by atoms with Crippen LogP contribution >= 0.6 is 0 Å². The Balaban J connectivity index is 1.62. The van der Waals surface area contributed by atoms with E-state index in [1.54, 1.807) is 6.33 Å². The fourth-order valence-corrected chi connectivity index (χ4v) is 2.82. The van der Waals surface area contributed by atoms with Crippen molar-refractivity contribution < 1.29 is 0 Å². The van der Waals surface area contributed by atoms with E-state index in [2.05, 4.69) is 27.9 Å². The van der Waals surface area contributed by atoms with E-state index in [0.29, 0.717) is 11.7 Å². The fraction of sp³-hybridized carbons (Fsp3) is 0.500. The lowest BCUT2D eigenvalue weighted by Crippen LogP contribution is -1.99. The van der Waals surface area contributed by atoms with Gasteiger partial charge in [-0.15, -0.1) is 0 Å². The standard InChI is InChI=1S/C18H26N4/c1-2-15(16-12-20-14-21-13-16)8-5-3-4-6-9-17-10-7-11-18(19)22-17/h7,10-15H,2-6,8-9H2,1H3,(H2,19,22). The number of unbranched alkanes of at least 4 members (excludes halogenated alkanes) is 3. The summed E-state index contributed by atoms with van der Waals surface area (Å²) in [5.74, 6) is 1.21. The highest BCUT2D eigenvalue weighted by Crippen LogP contribution is 2.24. The summed E-state index contributed by atoms with van der Waals surface area (Å²) < 4.78 is 0. The number of rotatable bonds is 9. The molecule has 4 heteroatoms. The molecule has 1 unspecified atom stereocenters. The maximum absolute atomic E-state index is 5.69. The summed E-state index contributed by atoms with van der Waals surface area (Å²) in [7, 11) is 0. The molecule has 2 heterocycles. The Labute approximate surface area is 133 Å². The average Bonchev–Trinajstić information content (AvgIpc) is 2.55. The van der Waals surface area contributed by atoms with Gasteiger partial charge in [0.2, 0.25) is 0 Å². The van der Waals surface area contributed by atoms with Crippen LogP contribution in [0.2, 0.25) is 0 Å². The number of nitrogen functional groups attached to an aromatic ring is 1. The van der Waals surface area contributed by atoms with Crippen LogP contribution in [0.15, 0.2) is 36.9 Å². The van der Waals surface area contributed by atoms with Crippen molar-refractivity contribution in [1.29, 1.82) is 0 Å². The molecule has 0 aromatic carbocycles. The molecule has 0 saturated carbocycles. The van der Waals surface area contributed by atoms with Gasteiger partial charge in [-0.2, -0.15) is 0 Å². The highest BCUT2D eigenvalue weighted by molar-refractivity contribution is 5.28. The Kier molecular flexibility index (Phi) is 6.81. The van der Waals surface area contributed by atoms with Crippen LogP contribution in [-0.2, 0) is 6.42 Å². The van der Waals surface area contributed by atoms with Crippen molar-refractivity contribution >= 4 is 5.82 Å². The molecular formula is C18H26N4. The monoisotopic (exact) mass is 298 g/mol. The third-order valence-corrected chi connectivity index (χ3v) is 4.11. The quantitative estimate of drug-likeness (QED) is 0.707. The normalized spacial score (nSPS) is 12.2. The van der Waals surface area contributed by atoms with Crippen LogP contribution in [0.4, 0.5) is 5.82 Å². The summed E-state index contributed by atoms with van der Waals surface area (Å²) in [6.45, 7) is 2.24. The van der Waals surface area contributed by atoms with E-state index in [4.69, 9.17) is 5.73 Å². The Morgan fingerprint density at radius 2 is 1.82 bits per heavy atom. The number of hydrogen-bond acceptors (Lipinski definition) is 4. The van der Waals surface area contributed by atoms with Gasteiger partial charge in [-0.1, -0.05) is 32.3 Å². The van der Waals surface area contributed by atoms with Crippen LogP contribution in [0.25, 0.3) is 0 Å². The van der Waals surface area contributed by atoms with Crippen LogP contribution < -0.4 is 5.73 Å². The molecule has 0 radical (unpaired) electrons. The third-order valence-electron chi connectivity index (χ3n) is 4.11. The van der Waals surface area contributed by atoms with Crippen molar-refractivity contribution in [1.82, 2.24) is 15.0 Å². The van der Waals surface area contributed by atoms with Crippen LogP contribution in [0.3, 0.4) is 0 Å². The Bertz CT molecular complexity index is 542. The Morgan fingerprint density at radius 1 is 1.05 bits per heavy atom. The molecule has 4 nitrogen and oxygen atoms in total. The van der Waals surface area contributed by atoms with Gasteiger partial charge in [0.1, 0.15) is 12.1 Å². The highest BCUT2D eigenvalue weighted by atomic mass is 14.8. The predicted molar refractivity (Wildman–Crippen MR) is 90.5 cm³/mol. The van der Waals surface area contributed by atoms with Gasteiger partial charge >= 0.3 is 0 Å². The zero-order valence-corrected chi connectivity index (χ0v) is 13.4. The lowest BCUT2D eigenvalue weighted by atomic mass is 9.92. The summed E-state index contributed by atoms with van der Waals surface area (Å²) in [4.78, 5) is 12.6. The topological polar surface area (TPSA) is 64.7 Å². The first-order chi connectivity index (χ1) is 10.8. The fourth-order valence-electron chi connectivity index (χ4n) is 2.82. The van der Waals surface area contributed by atoms with Gasteiger partial charge in [0.05, 0.1) is 0 Å².